The van der Waals surface area contributed by atoms with Crippen molar-refractivity contribution in [2.45, 2.75) is 0 Å². The molecule has 0 unspecified atom stereocenters. The van der Waals surface area contributed by atoms with Crippen molar-refractivity contribution >= 4 is 45.6 Å². The maximum atomic E-state index is 2.30. The highest BCUT2D eigenvalue weighted by Gasteiger charge is 2.05. The van der Waals surface area contributed by atoms with Crippen molar-refractivity contribution in [3.05, 3.63) is 115 Å². The fourth-order valence-corrected chi connectivity index (χ4v) is 4.52. The van der Waals surface area contributed by atoms with Gasteiger partial charge in [-0.1, -0.05) is 96.5 Å². The van der Waals surface area contributed by atoms with Gasteiger partial charge in [0.2, 0.25) is 0 Å². The van der Waals surface area contributed by atoms with Crippen LogP contribution in [0.3, 0.4) is 0 Å². The van der Waals surface area contributed by atoms with Gasteiger partial charge in [0.15, 0.2) is 0 Å². The summed E-state index contributed by atoms with van der Waals surface area (Å²) in [4.78, 5) is 0. The van der Waals surface area contributed by atoms with Crippen LogP contribution in [0.1, 0.15) is 0 Å². The molecule has 0 bridgehead atoms. The summed E-state index contributed by atoms with van der Waals surface area (Å²) < 4.78 is 0. The lowest BCUT2D eigenvalue weighted by Gasteiger charge is -2.09. The van der Waals surface area contributed by atoms with E-state index in [0.29, 0.717) is 0 Å². The molecule has 0 aliphatic carbocycles. The monoisotopic (exact) mass is 392 g/mol. The van der Waals surface area contributed by atoms with Crippen molar-refractivity contribution in [3.63, 3.8) is 0 Å². The maximum Gasteiger partial charge on any atom is 0.139 e. The molecule has 31 heavy (non-hydrogen) atoms. The van der Waals surface area contributed by atoms with Gasteiger partial charge in [0, 0.05) is 0 Å². The minimum Gasteiger partial charge on any atom is -0.0883 e. The van der Waals surface area contributed by atoms with Crippen LogP contribution in [-0.2, 0) is 0 Å². The van der Waals surface area contributed by atoms with Gasteiger partial charge in [-0.25, -0.2) is 0 Å². The molecule has 144 valence electrons. The molecule has 6 aromatic rings. The molecular weight excluding hydrogens is 371 g/mol. The van der Waals surface area contributed by atoms with Gasteiger partial charge in [-0.2, -0.15) is 0 Å². The summed E-state index contributed by atoms with van der Waals surface area (Å²) in [5.74, 6) is 0. The fourth-order valence-electron chi connectivity index (χ4n) is 4.52. The normalized spacial score (nSPS) is 11.4. The van der Waals surface area contributed by atoms with E-state index in [1.165, 1.54) is 60.0 Å². The van der Waals surface area contributed by atoms with E-state index in [9.17, 15) is 0 Å². The molecule has 0 N–H and O–H groups in total. The van der Waals surface area contributed by atoms with Crippen LogP contribution in [0.2, 0.25) is 0 Å². The molecular formula is C30H21B. The number of fused-ring (bicyclic) bond motifs is 3. The summed E-state index contributed by atoms with van der Waals surface area (Å²) in [6, 6.07) is 42.2. The SMILES string of the molecule is Bc1ccc2cc(-c3ccc4cc(-c5ccc6ccccc6c5)ccc4c3)ccc2c1. The van der Waals surface area contributed by atoms with Crippen molar-refractivity contribution in [2.75, 3.05) is 0 Å². The zero-order valence-corrected chi connectivity index (χ0v) is 17.5. The molecule has 0 amide bonds. The largest absolute Gasteiger partial charge is 0.139 e. The van der Waals surface area contributed by atoms with E-state index in [4.69, 9.17) is 0 Å². The Hall–Kier alpha value is -3.84. The third kappa shape index (κ3) is 3.29. The predicted octanol–water partition coefficient (Wildman–Crippen LogP) is 6.74. The molecule has 0 heterocycles. The fraction of sp³-hybridized carbons (Fsp3) is 0. The Labute approximate surface area is 183 Å². The van der Waals surface area contributed by atoms with Gasteiger partial charge in [-0.15, -0.1) is 0 Å². The molecule has 0 saturated carbocycles. The minimum atomic E-state index is 1.26. The van der Waals surface area contributed by atoms with Gasteiger partial charge in [0.1, 0.15) is 7.85 Å². The standard InChI is InChI=1S/C30H21B/c31-30-14-13-28-18-27(11-12-29(28)19-30)26-10-9-24-16-23(7-8-25(24)17-26)22-6-5-20-3-1-2-4-21(20)15-22/h1-19H,31H2. The Kier molecular flexibility index (Phi) is 4.14. The van der Waals surface area contributed by atoms with Crippen molar-refractivity contribution in [2.24, 2.45) is 0 Å². The van der Waals surface area contributed by atoms with Gasteiger partial charge in [0.25, 0.3) is 0 Å². The molecule has 0 aliphatic heterocycles. The summed E-state index contributed by atoms with van der Waals surface area (Å²) in [6.45, 7) is 0. The summed E-state index contributed by atoms with van der Waals surface area (Å²) >= 11 is 0. The number of hydrogen-bond acceptors (Lipinski definition) is 0. The quantitative estimate of drug-likeness (QED) is 0.286. The minimum absolute atomic E-state index is 1.26. The smallest absolute Gasteiger partial charge is 0.0883 e. The van der Waals surface area contributed by atoms with Crippen molar-refractivity contribution in [1.82, 2.24) is 0 Å². The Morgan fingerprint density at radius 1 is 0.323 bits per heavy atom. The third-order valence-corrected chi connectivity index (χ3v) is 6.25. The second kappa shape index (κ2) is 7.14. The van der Waals surface area contributed by atoms with Crippen LogP contribution in [0.15, 0.2) is 115 Å². The van der Waals surface area contributed by atoms with Crippen LogP contribution < -0.4 is 5.46 Å². The van der Waals surface area contributed by atoms with Gasteiger partial charge < -0.3 is 0 Å². The average molecular weight is 392 g/mol. The first-order chi connectivity index (χ1) is 15.2. The van der Waals surface area contributed by atoms with Crippen molar-refractivity contribution in [1.29, 1.82) is 0 Å². The lowest BCUT2D eigenvalue weighted by atomic mass is 9.92. The maximum absolute atomic E-state index is 2.30. The molecule has 6 aromatic carbocycles. The predicted molar refractivity (Wildman–Crippen MR) is 138 cm³/mol. The van der Waals surface area contributed by atoms with E-state index in [2.05, 4.69) is 123 Å². The topological polar surface area (TPSA) is 0 Å². The first kappa shape index (κ1) is 18.0. The molecule has 0 fully saturated rings. The van der Waals surface area contributed by atoms with E-state index in [-0.39, 0.29) is 0 Å². The molecule has 0 radical (unpaired) electrons. The second-order valence-electron chi connectivity index (χ2n) is 8.40. The van der Waals surface area contributed by atoms with Crippen LogP contribution in [0.4, 0.5) is 0 Å². The Balaban J connectivity index is 1.40. The summed E-state index contributed by atoms with van der Waals surface area (Å²) in [5, 5.41) is 7.68. The van der Waals surface area contributed by atoms with Crippen LogP contribution in [0.25, 0.3) is 54.6 Å². The Morgan fingerprint density at radius 2 is 0.677 bits per heavy atom. The van der Waals surface area contributed by atoms with Gasteiger partial charge in [-0.3, -0.25) is 0 Å². The molecule has 0 spiro atoms. The lowest BCUT2D eigenvalue weighted by Crippen LogP contribution is -1.99. The molecule has 0 saturated heterocycles. The zero-order chi connectivity index (χ0) is 20.8. The molecule has 6 rings (SSSR count). The van der Waals surface area contributed by atoms with E-state index < -0.39 is 0 Å². The van der Waals surface area contributed by atoms with E-state index in [0.717, 1.165) is 0 Å². The second-order valence-corrected chi connectivity index (χ2v) is 8.40. The number of rotatable bonds is 2. The summed E-state index contributed by atoms with van der Waals surface area (Å²) in [6.07, 6.45) is 0. The third-order valence-electron chi connectivity index (χ3n) is 6.25. The highest BCUT2D eigenvalue weighted by Crippen LogP contribution is 2.31. The van der Waals surface area contributed by atoms with Crippen LogP contribution in [-0.4, -0.2) is 7.85 Å². The van der Waals surface area contributed by atoms with Gasteiger partial charge >= 0.3 is 0 Å². The van der Waals surface area contributed by atoms with Crippen molar-refractivity contribution in [3.8, 4) is 22.3 Å². The molecule has 0 nitrogen and oxygen atoms in total. The number of benzene rings is 6. The summed E-state index contributed by atoms with van der Waals surface area (Å²) in [5.41, 5.74) is 6.33. The van der Waals surface area contributed by atoms with E-state index in [1.807, 2.05) is 0 Å². The molecule has 1 heteroatoms. The number of hydrogen-bond donors (Lipinski definition) is 0. The Morgan fingerprint density at radius 3 is 1.19 bits per heavy atom. The van der Waals surface area contributed by atoms with Gasteiger partial charge in [0.05, 0.1) is 0 Å². The Bertz CT molecular complexity index is 1590. The van der Waals surface area contributed by atoms with E-state index in [1.54, 1.807) is 0 Å². The van der Waals surface area contributed by atoms with Crippen LogP contribution in [0.5, 0.6) is 0 Å². The first-order valence-corrected chi connectivity index (χ1v) is 10.8. The van der Waals surface area contributed by atoms with Crippen LogP contribution in [0, 0.1) is 0 Å². The van der Waals surface area contributed by atoms with Gasteiger partial charge in [-0.05, 0) is 78.8 Å². The van der Waals surface area contributed by atoms with Crippen molar-refractivity contribution < 1.29 is 0 Å². The average Bonchev–Trinajstić information content (AvgIpc) is 2.82. The molecule has 0 aliphatic rings. The highest BCUT2D eigenvalue weighted by atomic mass is 14.1. The molecule has 0 atom stereocenters. The lowest BCUT2D eigenvalue weighted by molar-refractivity contribution is 1.65. The summed E-state index contributed by atoms with van der Waals surface area (Å²) in [7, 11) is 2.14. The van der Waals surface area contributed by atoms with Crippen LogP contribution >= 0.6 is 0 Å². The highest BCUT2D eigenvalue weighted by molar-refractivity contribution is 6.33. The first-order valence-electron chi connectivity index (χ1n) is 10.8. The zero-order valence-electron chi connectivity index (χ0n) is 17.5. The molecule has 0 aromatic heterocycles. The van der Waals surface area contributed by atoms with E-state index >= 15 is 0 Å².